The molecule has 0 saturated heterocycles. The third kappa shape index (κ3) is 6.22. The van der Waals surface area contributed by atoms with Gasteiger partial charge in [-0.1, -0.05) is 37.3 Å². The van der Waals surface area contributed by atoms with Crippen LogP contribution in [0.25, 0.3) is 11.1 Å². The molecular weight excluding hydrogens is 537 g/mol. The SMILES string of the molecule is COc1cccc(NC(=O)N(C)C[C@H]2Oc3cc(-c4ccccc4F)ccc3S(=O)(=O)N([C@H](C)CO)C[C@@H]2C)c1. The lowest BCUT2D eigenvalue weighted by Crippen LogP contribution is -2.50. The topological polar surface area (TPSA) is 108 Å². The molecule has 1 aliphatic rings. The lowest BCUT2D eigenvalue weighted by molar-refractivity contribution is 0.0830. The van der Waals surface area contributed by atoms with Crippen LogP contribution in [0.5, 0.6) is 11.5 Å². The van der Waals surface area contributed by atoms with Gasteiger partial charge in [-0.05, 0) is 42.8 Å². The number of benzene rings is 3. The summed E-state index contributed by atoms with van der Waals surface area (Å²) in [5.74, 6) is -0.181. The Balaban J connectivity index is 1.68. The number of sulfonamides is 1. The molecule has 0 aromatic heterocycles. The number of carbonyl (C=O) groups is 1. The molecule has 40 heavy (non-hydrogen) atoms. The minimum atomic E-state index is -4.06. The molecule has 9 nitrogen and oxygen atoms in total. The molecule has 0 saturated carbocycles. The van der Waals surface area contributed by atoms with Crippen molar-refractivity contribution in [1.82, 2.24) is 9.21 Å². The maximum Gasteiger partial charge on any atom is 0.321 e. The lowest BCUT2D eigenvalue weighted by atomic mass is 10.0. The van der Waals surface area contributed by atoms with Gasteiger partial charge in [0.25, 0.3) is 0 Å². The Hall–Kier alpha value is -3.67. The number of fused-ring (bicyclic) bond motifs is 1. The molecule has 1 aliphatic heterocycles. The van der Waals surface area contributed by atoms with Gasteiger partial charge in [-0.2, -0.15) is 4.31 Å². The van der Waals surface area contributed by atoms with Gasteiger partial charge in [0.1, 0.15) is 28.3 Å². The van der Waals surface area contributed by atoms with E-state index in [1.165, 1.54) is 40.6 Å². The molecule has 0 aliphatic carbocycles. The summed E-state index contributed by atoms with van der Waals surface area (Å²) in [7, 11) is -0.906. The summed E-state index contributed by atoms with van der Waals surface area (Å²) in [6.45, 7) is 3.28. The molecule has 0 radical (unpaired) electrons. The van der Waals surface area contributed by atoms with Gasteiger partial charge in [0.05, 0.1) is 20.3 Å². The summed E-state index contributed by atoms with van der Waals surface area (Å²) in [4.78, 5) is 14.4. The van der Waals surface area contributed by atoms with E-state index in [9.17, 15) is 22.7 Å². The van der Waals surface area contributed by atoms with Crippen molar-refractivity contribution in [2.45, 2.75) is 30.9 Å². The fraction of sp³-hybridized carbons (Fsp3) is 0.345. The molecule has 3 aromatic rings. The number of anilines is 1. The molecule has 0 bridgehead atoms. The number of hydrogen-bond donors (Lipinski definition) is 2. The van der Waals surface area contributed by atoms with Gasteiger partial charge in [-0.25, -0.2) is 17.6 Å². The molecular formula is C29H34FN3O6S. The first-order chi connectivity index (χ1) is 19.0. The highest BCUT2D eigenvalue weighted by Gasteiger charge is 2.38. The monoisotopic (exact) mass is 571 g/mol. The predicted octanol–water partition coefficient (Wildman–Crippen LogP) is 4.43. The second kappa shape index (κ2) is 12.2. The van der Waals surface area contributed by atoms with E-state index < -0.39 is 28.0 Å². The van der Waals surface area contributed by atoms with Crippen LogP contribution in [0.2, 0.25) is 0 Å². The Labute approximate surface area is 234 Å². The minimum Gasteiger partial charge on any atom is -0.497 e. The number of aliphatic hydroxyl groups is 1. The molecule has 2 N–H and O–H groups in total. The molecule has 1 heterocycles. The number of methoxy groups -OCH3 is 1. The Morgan fingerprint density at radius 1 is 1.20 bits per heavy atom. The summed E-state index contributed by atoms with van der Waals surface area (Å²) in [5.41, 5.74) is 1.30. The van der Waals surface area contributed by atoms with Crippen LogP contribution in [0.3, 0.4) is 0 Å². The molecule has 2 amide bonds. The first-order valence-corrected chi connectivity index (χ1v) is 14.3. The zero-order valence-corrected chi connectivity index (χ0v) is 23.7. The van der Waals surface area contributed by atoms with Crippen molar-refractivity contribution in [1.29, 1.82) is 0 Å². The summed E-state index contributed by atoms with van der Waals surface area (Å²) >= 11 is 0. The second-order valence-corrected chi connectivity index (χ2v) is 11.8. The zero-order valence-electron chi connectivity index (χ0n) is 22.9. The van der Waals surface area contributed by atoms with E-state index in [-0.39, 0.29) is 42.3 Å². The van der Waals surface area contributed by atoms with Gasteiger partial charge in [-0.15, -0.1) is 0 Å². The zero-order chi connectivity index (χ0) is 29.0. The minimum absolute atomic E-state index is 0.0500. The fourth-order valence-corrected chi connectivity index (χ4v) is 6.40. The normalized spacial score (nSPS) is 19.4. The maximum atomic E-state index is 14.6. The van der Waals surface area contributed by atoms with Crippen LogP contribution in [0.4, 0.5) is 14.9 Å². The highest BCUT2D eigenvalue weighted by molar-refractivity contribution is 7.89. The molecule has 3 atom stereocenters. The number of carbonyl (C=O) groups excluding carboxylic acids is 1. The van der Waals surface area contributed by atoms with E-state index in [1.54, 1.807) is 56.4 Å². The molecule has 214 valence electrons. The Kier molecular flexibility index (Phi) is 8.97. The average molecular weight is 572 g/mol. The van der Waals surface area contributed by atoms with Crippen molar-refractivity contribution in [2.24, 2.45) is 5.92 Å². The number of nitrogens with zero attached hydrogens (tertiary/aromatic N) is 2. The highest BCUT2D eigenvalue weighted by Crippen LogP contribution is 2.37. The molecule has 11 heteroatoms. The van der Waals surface area contributed by atoms with Gasteiger partial charge >= 0.3 is 6.03 Å². The van der Waals surface area contributed by atoms with E-state index >= 15 is 0 Å². The molecule has 0 unspecified atom stereocenters. The van der Waals surface area contributed by atoms with Crippen LogP contribution in [0, 0.1) is 11.7 Å². The van der Waals surface area contributed by atoms with Gasteiger partial charge in [-0.3, -0.25) is 0 Å². The van der Waals surface area contributed by atoms with E-state index in [2.05, 4.69) is 5.32 Å². The van der Waals surface area contributed by atoms with Crippen molar-refractivity contribution in [3.63, 3.8) is 0 Å². The number of aliphatic hydroxyl groups excluding tert-OH is 1. The maximum absolute atomic E-state index is 14.6. The van der Waals surface area contributed by atoms with Crippen LogP contribution < -0.4 is 14.8 Å². The van der Waals surface area contributed by atoms with Crippen molar-refractivity contribution in [2.75, 3.05) is 39.2 Å². The van der Waals surface area contributed by atoms with E-state index in [1.807, 2.05) is 6.92 Å². The van der Waals surface area contributed by atoms with E-state index in [4.69, 9.17) is 9.47 Å². The van der Waals surface area contributed by atoms with E-state index in [0.717, 1.165) is 0 Å². The van der Waals surface area contributed by atoms with Crippen molar-refractivity contribution in [3.05, 3.63) is 72.5 Å². The number of urea groups is 1. The number of halogens is 1. The summed E-state index contributed by atoms with van der Waals surface area (Å²) in [5, 5.41) is 12.7. The Morgan fingerprint density at radius 2 is 1.95 bits per heavy atom. The number of nitrogens with one attached hydrogen (secondary N) is 1. The van der Waals surface area contributed by atoms with Crippen LogP contribution in [0.1, 0.15) is 13.8 Å². The number of hydrogen-bond acceptors (Lipinski definition) is 6. The van der Waals surface area contributed by atoms with Gasteiger partial charge < -0.3 is 24.8 Å². The number of rotatable bonds is 7. The Morgan fingerprint density at radius 3 is 2.65 bits per heavy atom. The third-order valence-electron chi connectivity index (χ3n) is 6.97. The number of amides is 2. The molecule has 3 aromatic carbocycles. The average Bonchev–Trinajstić information content (AvgIpc) is 2.94. The standard InChI is InChI=1S/C29H34FN3O6S/c1-19-16-33(20(2)18-34)40(36,37)28-13-12-21(24-10-5-6-11-25(24)30)14-26(28)39-27(19)17-32(3)29(35)31-22-8-7-9-23(15-22)38-4/h5-15,19-20,27,34H,16-18H2,1-4H3,(H,31,35)/t19-,20+,27+/m0/s1. The van der Waals surface area contributed by atoms with E-state index in [0.29, 0.717) is 22.6 Å². The third-order valence-corrected chi connectivity index (χ3v) is 8.99. The quantitative estimate of drug-likeness (QED) is 0.434. The van der Waals surface area contributed by atoms with Crippen molar-refractivity contribution in [3.8, 4) is 22.6 Å². The van der Waals surface area contributed by atoms with Crippen LogP contribution in [-0.2, 0) is 10.0 Å². The largest absolute Gasteiger partial charge is 0.497 e. The lowest BCUT2D eigenvalue weighted by Gasteiger charge is -2.37. The van der Waals surface area contributed by atoms with Gasteiger partial charge in [0, 0.05) is 42.9 Å². The first-order valence-electron chi connectivity index (χ1n) is 12.9. The van der Waals surface area contributed by atoms with Crippen LogP contribution >= 0.6 is 0 Å². The highest BCUT2D eigenvalue weighted by atomic mass is 32.2. The van der Waals surface area contributed by atoms with Gasteiger partial charge in [0.15, 0.2) is 0 Å². The smallest absolute Gasteiger partial charge is 0.321 e. The predicted molar refractivity (Wildman–Crippen MR) is 150 cm³/mol. The Bertz CT molecular complexity index is 1470. The second-order valence-electron chi connectivity index (χ2n) is 9.92. The number of likely N-dealkylation sites (N-methyl/N-ethyl adjacent to an activating group) is 1. The summed E-state index contributed by atoms with van der Waals surface area (Å²) in [6, 6.07) is 16.5. The summed E-state index contributed by atoms with van der Waals surface area (Å²) in [6.07, 6.45) is -0.625. The first kappa shape index (κ1) is 29.3. The molecule has 0 spiro atoms. The van der Waals surface area contributed by atoms with Crippen LogP contribution in [-0.4, -0.2) is 74.8 Å². The number of ether oxygens (including phenoxy) is 2. The van der Waals surface area contributed by atoms with Crippen molar-refractivity contribution >= 4 is 21.7 Å². The van der Waals surface area contributed by atoms with Crippen molar-refractivity contribution < 1.29 is 32.2 Å². The fourth-order valence-electron chi connectivity index (χ4n) is 4.58. The van der Waals surface area contributed by atoms with Gasteiger partial charge in [0.2, 0.25) is 10.0 Å². The molecule has 4 rings (SSSR count). The molecule has 0 fully saturated rings. The summed E-state index contributed by atoms with van der Waals surface area (Å²) < 4.78 is 54.8. The van der Waals surface area contributed by atoms with Crippen LogP contribution in [0.15, 0.2) is 71.6 Å².